The Labute approximate surface area is 101 Å². The summed E-state index contributed by atoms with van der Waals surface area (Å²) < 4.78 is 7.10. The van der Waals surface area contributed by atoms with Gasteiger partial charge in [-0.15, -0.1) is 0 Å². The van der Waals surface area contributed by atoms with Crippen molar-refractivity contribution in [2.75, 3.05) is 12.8 Å². The highest BCUT2D eigenvalue weighted by molar-refractivity contribution is 5.69. The zero-order valence-electron chi connectivity index (χ0n) is 10.6. The normalized spacial score (nSPS) is 10.6. The molecule has 2 rings (SSSR count). The third-order valence-corrected chi connectivity index (χ3v) is 3.13. The van der Waals surface area contributed by atoms with Crippen LogP contribution in [0.3, 0.4) is 0 Å². The lowest BCUT2D eigenvalue weighted by Crippen LogP contribution is -1.98. The molecule has 4 heteroatoms. The smallest absolute Gasteiger partial charge is 0.146 e. The Balaban J connectivity index is 2.61. The molecule has 0 aliphatic carbocycles. The second-order valence-electron chi connectivity index (χ2n) is 4.14. The SMILES string of the molecule is COc1ccc(-c2cc(N)nn2C)c(C)c1C. The largest absolute Gasteiger partial charge is 0.496 e. The fourth-order valence-corrected chi connectivity index (χ4v) is 2.04. The molecule has 90 valence electrons. The van der Waals surface area contributed by atoms with Crippen molar-refractivity contribution in [1.29, 1.82) is 0 Å². The minimum atomic E-state index is 0.537. The summed E-state index contributed by atoms with van der Waals surface area (Å²) in [5.41, 5.74) is 10.2. The summed E-state index contributed by atoms with van der Waals surface area (Å²) in [4.78, 5) is 0. The van der Waals surface area contributed by atoms with Crippen molar-refractivity contribution in [3.63, 3.8) is 0 Å². The first-order valence-corrected chi connectivity index (χ1v) is 5.48. The predicted molar refractivity (Wildman–Crippen MR) is 69.1 cm³/mol. The zero-order chi connectivity index (χ0) is 12.6. The zero-order valence-corrected chi connectivity index (χ0v) is 10.6. The molecule has 0 radical (unpaired) electrons. The molecule has 0 saturated carbocycles. The van der Waals surface area contributed by atoms with Gasteiger partial charge in [-0.3, -0.25) is 4.68 Å². The van der Waals surface area contributed by atoms with Crippen LogP contribution in [0.15, 0.2) is 18.2 Å². The molecule has 1 aromatic heterocycles. The van der Waals surface area contributed by atoms with Gasteiger partial charge < -0.3 is 10.5 Å². The Hall–Kier alpha value is -1.97. The van der Waals surface area contributed by atoms with Gasteiger partial charge in [-0.25, -0.2) is 0 Å². The number of aryl methyl sites for hydroxylation is 1. The van der Waals surface area contributed by atoms with Gasteiger partial charge >= 0.3 is 0 Å². The topological polar surface area (TPSA) is 53.1 Å². The summed E-state index contributed by atoms with van der Waals surface area (Å²) in [5.74, 6) is 1.44. The average Bonchev–Trinajstić information content (AvgIpc) is 2.62. The number of benzene rings is 1. The van der Waals surface area contributed by atoms with E-state index in [1.54, 1.807) is 11.8 Å². The maximum absolute atomic E-state index is 5.70. The van der Waals surface area contributed by atoms with Gasteiger partial charge in [-0.1, -0.05) is 0 Å². The number of ether oxygens (including phenoxy) is 1. The van der Waals surface area contributed by atoms with E-state index in [9.17, 15) is 0 Å². The molecule has 4 nitrogen and oxygen atoms in total. The quantitative estimate of drug-likeness (QED) is 0.862. The first-order chi connectivity index (χ1) is 8.04. The Morgan fingerprint density at radius 2 is 1.94 bits per heavy atom. The molecule has 0 amide bonds. The van der Waals surface area contributed by atoms with E-state index in [-0.39, 0.29) is 0 Å². The monoisotopic (exact) mass is 231 g/mol. The van der Waals surface area contributed by atoms with E-state index in [1.807, 2.05) is 25.2 Å². The second kappa shape index (κ2) is 4.13. The molecule has 0 aliphatic heterocycles. The fraction of sp³-hybridized carbons (Fsp3) is 0.308. The molecule has 0 atom stereocenters. The van der Waals surface area contributed by atoms with E-state index < -0.39 is 0 Å². The minimum absolute atomic E-state index is 0.537. The van der Waals surface area contributed by atoms with Gasteiger partial charge in [0.15, 0.2) is 0 Å². The molecule has 0 spiro atoms. The van der Waals surface area contributed by atoms with E-state index in [1.165, 1.54) is 5.56 Å². The van der Waals surface area contributed by atoms with E-state index in [2.05, 4.69) is 18.9 Å². The maximum Gasteiger partial charge on any atom is 0.146 e. The van der Waals surface area contributed by atoms with Gasteiger partial charge in [0.2, 0.25) is 0 Å². The highest BCUT2D eigenvalue weighted by Crippen LogP contribution is 2.31. The van der Waals surface area contributed by atoms with Gasteiger partial charge in [0, 0.05) is 18.7 Å². The fourth-order valence-electron chi connectivity index (χ4n) is 2.04. The summed E-state index contributed by atoms with van der Waals surface area (Å²) in [6, 6.07) is 5.90. The van der Waals surface area contributed by atoms with Crippen molar-refractivity contribution >= 4 is 5.82 Å². The minimum Gasteiger partial charge on any atom is -0.496 e. The second-order valence-corrected chi connectivity index (χ2v) is 4.14. The molecule has 0 unspecified atom stereocenters. The molecule has 2 aromatic rings. The number of nitrogen functional groups attached to an aromatic ring is 1. The number of aromatic nitrogens is 2. The van der Waals surface area contributed by atoms with Crippen molar-refractivity contribution in [1.82, 2.24) is 9.78 Å². The summed E-state index contributed by atoms with van der Waals surface area (Å²) in [6.07, 6.45) is 0. The van der Waals surface area contributed by atoms with Crippen LogP contribution >= 0.6 is 0 Å². The number of methoxy groups -OCH3 is 1. The molecular weight excluding hydrogens is 214 g/mol. The Morgan fingerprint density at radius 1 is 1.24 bits per heavy atom. The number of hydrogen-bond donors (Lipinski definition) is 1. The van der Waals surface area contributed by atoms with E-state index >= 15 is 0 Å². The molecule has 17 heavy (non-hydrogen) atoms. The number of nitrogens with zero attached hydrogens (tertiary/aromatic N) is 2. The van der Waals surface area contributed by atoms with E-state index in [0.717, 1.165) is 22.6 Å². The molecule has 0 aliphatic rings. The Morgan fingerprint density at radius 3 is 2.47 bits per heavy atom. The van der Waals surface area contributed by atoms with Crippen LogP contribution in [0.25, 0.3) is 11.3 Å². The van der Waals surface area contributed by atoms with Gasteiger partial charge in [-0.2, -0.15) is 5.10 Å². The number of nitrogens with two attached hydrogens (primary N) is 1. The lowest BCUT2D eigenvalue weighted by Gasteiger charge is -2.12. The molecular formula is C13H17N3O. The van der Waals surface area contributed by atoms with Gasteiger partial charge in [0.05, 0.1) is 12.8 Å². The predicted octanol–water partition coefficient (Wildman–Crippen LogP) is 2.29. The summed E-state index contributed by atoms with van der Waals surface area (Å²) in [5, 5.41) is 4.16. The van der Waals surface area contributed by atoms with Gasteiger partial charge in [0.25, 0.3) is 0 Å². The van der Waals surface area contributed by atoms with Crippen molar-refractivity contribution in [3.8, 4) is 17.0 Å². The molecule has 1 aromatic carbocycles. The number of rotatable bonds is 2. The van der Waals surface area contributed by atoms with Crippen LogP contribution in [-0.2, 0) is 7.05 Å². The lowest BCUT2D eigenvalue weighted by atomic mass is 10.00. The summed E-state index contributed by atoms with van der Waals surface area (Å²) in [6.45, 7) is 4.13. The molecule has 0 bridgehead atoms. The summed E-state index contributed by atoms with van der Waals surface area (Å²) >= 11 is 0. The van der Waals surface area contributed by atoms with Gasteiger partial charge in [0.1, 0.15) is 11.6 Å². The molecule has 0 saturated heterocycles. The Kier molecular flexibility index (Phi) is 2.79. The van der Waals surface area contributed by atoms with Crippen LogP contribution in [0, 0.1) is 13.8 Å². The third-order valence-electron chi connectivity index (χ3n) is 3.13. The van der Waals surface area contributed by atoms with Crippen LogP contribution in [0.5, 0.6) is 5.75 Å². The van der Waals surface area contributed by atoms with E-state index in [4.69, 9.17) is 10.5 Å². The van der Waals surface area contributed by atoms with Crippen LogP contribution in [0.4, 0.5) is 5.82 Å². The number of hydrogen-bond acceptors (Lipinski definition) is 3. The standard InChI is InChI=1S/C13H17N3O/c1-8-9(2)12(17-4)6-5-10(8)11-7-13(14)15-16(11)3/h5-7H,1-4H3,(H2,14,15). The van der Waals surface area contributed by atoms with Crippen LogP contribution < -0.4 is 10.5 Å². The van der Waals surface area contributed by atoms with E-state index in [0.29, 0.717) is 5.82 Å². The molecule has 2 N–H and O–H groups in total. The highest BCUT2D eigenvalue weighted by atomic mass is 16.5. The lowest BCUT2D eigenvalue weighted by molar-refractivity contribution is 0.411. The van der Waals surface area contributed by atoms with Crippen LogP contribution in [0.2, 0.25) is 0 Å². The first-order valence-electron chi connectivity index (χ1n) is 5.48. The molecule has 1 heterocycles. The first kappa shape index (κ1) is 11.5. The number of anilines is 1. The third kappa shape index (κ3) is 1.86. The van der Waals surface area contributed by atoms with Crippen molar-refractivity contribution in [2.24, 2.45) is 7.05 Å². The van der Waals surface area contributed by atoms with Crippen molar-refractivity contribution < 1.29 is 4.74 Å². The summed E-state index contributed by atoms with van der Waals surface area (Å²) in [7, 11) is 3.58. The van der Waals surface area contributed by atoms with Gasteiger partial charge in [-0.05, 0) is 37.1 Å². The van der Waals surface area contributed by atoms with Crippen molar-refractivity contribution in [3.05, 3.63) is 29.3 Å². The van der Waals surface area contributed by atoms with Crippen LogP contribution in [0.1, 0.15) is 11.1 Å². The molecule has 0 fully saturated rings. The van der Waals surface area contributed by atoms with Crippen LogP contribution in [-0.4, -0.2) is 16.9 Å². The average molecular weight is 231 g/mol. The Bertz CT molecular complexity index is 558. The van der Waals surface area contributed by atoms with Crippen molar-refractivity contribution in [2.45, 2.75) is 13.8 Å². The maximum atomic E-state index is 5.70. The highest BCUT2D eigenvalue weighted by Gasteiger charge is 2.12.